The SMILES string of the molecule is CCOCCC(=O)NNC(=O)c1ccccc1OCCC(C)C. The summed E-state index contributed by atoms with van der Waals surface area (Å²) in [5, 5.41) is 0. The third-order valence-electron chi connectivity index (χ3n) is 3.08. The summed E-state index contributed by atoms with van der Waals surface area (Å²) >= 11 is 0. The van der Waals surface area contributed by atoms with Crippen molar-refractivity contribution in [3.8, 4) is 5.75 Å². The summed E-state index contributed by atoms with van der Waals surface area (Å²) in [6, 6.07) is 6.96. The molecule has 1 rings (SSSR count). The molecule has 0 fully saturated rings. The van der Waals surface area contributed by atoms with Crippen molar-refractivity contribution in [1.29, 1.82) is 0 Å². The lowest BCUT2D eigenvalue weighted by Gasteiger charge is -2.13. The van der Waals surface area contributed by atoms with E-state index < -0.39 is 5.91 Å². The van der Waals surface area contributed by atoms with Crippen molar-refractivity contribution in [3.63, 3.8) is 0 Å². The van der Waals surface area contributed by atoms with Gasteiger partial charge in [0.25, 0.3) is 5.91 Å². The summed E-state index contributed by atoms with van der Waals surface area (Å²) in [5.41, 5.74) is 5.15. The molecule has 0 bridgehead atoms. The Balaban J connectivity index is 2.50. The Morgan fingerprint density at radius 1 is 1.13 bits per heavy atom. The molecule has 0 aliphatic carbocycles. The Morgan fingerprint density at radius 2 is 1.87 bits per heavy atom. The largest absolute Gasteiger partial charge is 0.493 e. The Labute approximate surface area is 137 Å². The molecule has 0 unspecified atom stereocenters. The number of para-hydroxylation sites is 1. The van der Waals surface area contributed by atoms with E-state index in [1.807, 2.05) is 13.0 Å². The van der Waals surface area contributed by atoms with E-state index in [2.05, 4.69) is 24.7 Å². The molecule has 0 saturated carbocycles. The third-order valence-corrected chi connectivity index (χ3v) is 3.08. The molecule has 23 heavy (non-hydrogen) atoms. The maximum Gasteiger partial charge on any atom is 0.273 e. The Kier molecular flexibility index (Phi) is 8.75. The summed E-state index contributed by atoms with van der Waals surface area (Å²) in [4.78, 5) is 23.7. The van der Waals surface area contributed by atoms with Gasteiger partial charge in [0.15, 0.2) is 0 Å². The van der Waals surface area contributed by atoms with Gasteiger partial charge in [-0.3, -0.25) is 20.4 Å². The quantitative estimate of drug-likeness (QED) is 0.540. The first-order valence-corrected chi connectivity index (χ1v) is 7.93. The Bertz CT molecular complexity index is 503. The van der Waals surface area contributed by atoms with Crippen molar-refractivity contribution in [2.24, 2.45) is 5.92 Å². The number of hydrazine groups is 1. The van der Waals surface area contributed by atoms with E-state index in [9.17, 15) is 9.59 Å². The first kappa shape index (κ1) is 19.0. The minimum absolute atomic E-state index is 0.195. The smallest absolute Gasteiger partial charge is 0.273 e. The zero-order valence-corrected chi connectivity index (χ0v) is 14.1. The number of hydrogen-bond donors (Lipinski definition) is 2. The summed E-state index contributed by atoms with van der Waals surface area (Å²) in [6.45, 7) is 7.51. The molecule has 1 aromatic rings. The van der Waals surface area contributed by atoms with E-state index in [0.29, 0.717) is 37.1 Å². The van der Waals surface area contributed by atoms with Crippen molar-refractivity contribution in [2.45, 2.75) is 33.6 Å². The molecule has 6 nitrogen and oxygen atoms in total. The zero-order valence-electron chi connectivity index (χ0n) is 14.1. The van der Waals surface area contributed by atoms with E-state index in [-0.39, 0.29) is 12.3 Å². The highest BCUT2D eigenvalue weighted by Crippen LogP contribution is 2.18. The molecular formula is C17H26N2O4. The van der Waals surface area contributed by atoms with Gasteiger partial charge in [-0.1, -0.05) is 26.0 Å². The molecule has 0 atom stereocenters. The van der Waals surface area contributed by atoms with Crippen LogP contribution in [0, 0.1) is 5.92 Å². The number of ether oxygens (including phenoxy) is 2. The van der Waals surface area contributed by atoms with Crippen molar-refractivity contribution in [3.05, 3.63) is 29.8 Å². The van der Waals surface area contributed by atoms with Gasteiger partial charge in [0.1, 0.15) is 5.75 Å². The second-order valence-electron chi connectivity index (χ2n) is 5.48. The van der Waals surface area contributed by atoms with Crippen LogP contribution in [0.15, 0.2) is 24.3 Å². The number of amides is 2. The highest BCUT2D eigenvalue weighted by molar-refractivity contribution is 5.97. The van der Waals surface area contributed by atoms with Crippen molar-refractivity contribution >= 4 is 11.8 Å². The Morgan fingerprint density at radius 3 is 2.57 bits per heavy atom. The van der Waals surface area contributed by atoms with Gasteiger partial charge in [0.2, 0.25) is 5.91 Å². The van der Waals surface area contributed by atoms with Crippen LogP contribution in [0.1, 0.15) is 44.0 Å². The van der Waals surface area contributed by atoms with Crippen molar-refractivity contribution in [2.75, 3.05) is 19.8 Å². The van der Waals surface area contributed by atoms with Gasteiger partial charge < -0.3 is 9.47 Å². The number of benzene rings is 1. The van der Waals surface area contributed by atoms with Crippen molar-refractivity contribution in [1.82, 2.24) is 10.9 Å². The standard InChI is InChI=1S/C17H26N2O4/c1-4-22-11-10-16(20)18-19-17(21)14-7-5-6-8-15(14)23-12-9-13(2)3/h5-8,13H,4,9-12H2,1-3H3,(H,18,20)(H,19,21). The average molecular weight is 322 g/mol. The first-order valence-electron chi connectivity index (χ1n) is 7.93. The predicted octanol–water partition coefficient (Wildman–Crippen LogP) is 2.30. The second-order valence-corrected chi connectivity index (χ2v) is 5.48. The molecule has 0 aliphatic rings. The van der Waals surface area contributed by atoms with Gasteiger partial charge >= 0.3 is 0 Å². The molecular weight excluding hydrogens is 296 g/mol. The lowest BCUT2D eigenvalue weighted by molar-refractivity contribution is -0.122. The number of carbonyl (C=O) groups is 2. The molecule has 1 aromatic carbocycles. The normalized spacial score (nSPS) is 10.4. The molecule has 0 spiro atoms. The van der Waals surface area contributed by atoms with Crippen LogP contribution in [-0.2, 0) is 9.53 Å². The van der Waals surface area contributed by atoms with Crippen LogP contribution in [-0.4, -0.2) is 31.6 Å². The molecule has 128 valence electrons. The van der Waals surface area contributed by atoms with Crippen LogP contribution in [0.3, 0.4) is 0 Å². The number of rotatable bonds is 9. The fourth-order valence-electron chi connectivity index (χ4n) is 1.75. The van der Waals surface area contributed by atoms with Gasteiger partial charge in [-0.2, -0.15) is 0 Å². The van der Waals surface area contributed by atoms with Crippen LogP contribution in [0.4, 0.5) is 0 Å². The molecule has 0 heterocycles. The van der Waals surface area contributed by atoms with E-state index in [4.69, 9.17) is 9.47 Å². The first-order chi connectivity index (χ1) is 11.0. The lowest BCUT2D eigenvalue weighted by Crippen LogP contribution is -2.42. The van der Waals surface area contributed by atoms with Gasteiger partial charge in [0, 0.05) is 6.61 Å². The van der Waals surface area contributed by atoms with Gasteiger partial charge in [-0.25, -0.2) is 0 Å². The monoisotopic (exact) mass is 322 g/mol. The van der Waals surface area contributed by atoms with E-state index >= 15 is 0 Å². The van der Waals surface area contributed by atoms with Gasteiger partial charge in [-0.15, -0.1) is 0 Å². The maximum absolute atomic E-state index is 12.2. The van der Waals surface area contributed by atoms with E-state index in [0.717, 1.165) is 6.42 Å². The topological polar surface area (TPSA) is 76.7 Å². The minimum Gasteiger partial charge on any atom is -0.493 e. The number of nitrogens with one attached hydrogen (secondary N) is 2. The molecule has 6 heteroatoms. The van der Waals surface area contributed by atoms with Crippen LogP contribution in [0.2, 0.25) is 0 Å². The van der Waals surface area contributed by atoms with Crippen LogP contribution < -0.4 is 15.6 Å². The summed E-state index contributed by atoms with van der Waals surface area (Å²) in [7, 11) is 0. The van der Waals surface area contributed by atoms with Gasteiger partial charge in [-0.05, 0) is 31.4 Å². The molecule has 0 radical (unpaired) electrons. The highest BCUT2D eigenvalue weighted by atomic mass is 16.5. The average Bonchev–Trinajstić information content (AvgIpc) is 2.53. The summed E-state index contributed by atoms with van der Waals surface area (Å²) in [5.74, 6) is 0.328. The van der Waals surface area contributed by atoms with Crippen LogP contribution >= 0.6 is 0 Å². The fourth-order valence-corrected chi connectivity index (χ4v) is 1.75. The van der Waals surface area contributed by atoms with Crippen LogP contribution in [0.25, 0.3) is 0 Å². The third kappa shape index (κ3) is 7.65. The lowest BCUT2D eigenvalue weighted by atomic mass is 10.1. The van der Waals surface area contributed by atoms with E-state index in [1.54, 1.807) is 18.2 Å². The molecule has 2 N–H and O–H groups in total. The number of hydrogen-bond acceptors (Lipinski definition) is 4. The zero-order chi connectivity index (χ0) is 17.1. The summed E-state index contributed by atoms with van der Waals surface area (Å²) in [6.07, 6.45) is 1.10. The van der Waals surface area contributed by atoms with E-state index in [1.165, 1.54) is 0 Å². The number of carbonyl (C=O) groups excluding carboxylic acids is 2. The van der Waals surface area contributed by atoms with Gasteiger partial charge in [0.05, 0.1) is 25.2 Å². The maximum atomic E-state index is 12.2. The highest BCUT2D eigenvalue weighted by Gasteiger charge is 2.13. The predicted molar refractivity (Wildman–Crippen MR) is 88.1 cm³/mol. The summed E-state index contributed by atoms with van der Waals surface area (Å²) < 4.78 is 10.7. The molecule has 0 aliphatic heterocycles. The fraction of sp³-hybridized carbons (Fsp3) is 0.529. The van der Waals surface area contributed by atoms with Crippen molar-refractivity contribution < 1.29 is 19.1 Å². The Hall–Kier alpha value is -2.08. The minimum atomic E-state index is -0.407. The molecule has 2 amide bonds. The second kappa shape index (κ2) is 10.6. The van der Waals surface area contributed by atoms with Crippen LogP contribution in [0.5, 0.6) is 5.75 Å². The molecule has 0 saturated heterocycles. The molecule has 0 aromatic heterocycles.